The van der Waals surface area contributed by atoms with Crippen LogP contribution < -0.4 is 15.6 Å². The van der Waals surface area contributed by atoms with Crippen molar-refractivity contribution in [3.63, 3.8) is 0 Å². The van der Waals surface area contributed by atoms with E-state index in [4.69, 9.17) is 4.74 Å². The van der Waals surface area contributed by atoms with Crippen molar-refractivity contribution < 1.29 is 9.53 Å². The molecule has 7 nitrogen and oxygen atoms in total. The van der Waals surface area contributed by atoms with Crippen LogP contribution in [0.5, 0.6) is 5.75 Å². The molecule has 1 aliphatic heterocycles. The molecule has 0 atom stereocenters. The molecule has 1 spiro atoms. The van der Waals surface area contributed by atoms with Crippen molar-refractivity contribution >= 4 is 5.91 Å². The van der Waals surface area contributed by atoms with Crippen LogP contribution in [-0.4, -0.2) is 46.2 Å². The Hall–Kier alpha value is -2.67. The molecule has 4 rings (SSSR count). The molecule has 2 aliphatic rings. The van der Waals surface area contributed by atoms with Gasteiger partial charge >= 0.3 is 0 Å². The predicted molar refractivity (Wildman–Crippen MR) is 101 cm³/mol. The highest BCUT2D eigenvalue weighted by Crippen LogP contribution is 2.38. The van der Waals surface area contributed by atoms with Gasteiger partial charge in [-0.25, -0.2) is 5.10 Å². The Balaban J connectivity index is 1.66. The number of benzene rings is 1. The van der Waals surface area contributed by atoms with Crippen LogP contribution in [-0.2, 0) is 6.54 Å². The summed E-state index contributed by atoms with van der Waals surface area (Å²) in [6.45, 7) is 0.977. The molecule has 1 aliphatic carbocycles. The molecular weight excluding hydrogens is 344 g/mol. The number of rotatable bonds is 2. The van der Waals surface area contributed by atoms with Gasteiger partial charge in [-0.15, -0.1) is 0 Å². The second-order valence-electron chi connectivity index (χ2n) is 7.42. The number of carbonyl (C=O) groups is 1. The zero-order chi connectivity index (χ0) is 18.9. The van der Waals surface area contributed by atoms with Gasteiger partial charge in [-0.3, -0.25) is 9.59 Å². The number of aromatic nitrogens is 2. The summed E-state index contributed by atoms with van der Waals surface area (Å²) in [5.41, 5.74) is 0.520. The van der Waals surface area contributed by atoms with Crippen molar-refractivity contribution in [2.24, 2.45) is 0 Å². The maximum atomic E-state index is 13.1. The number of amides is 1. The van der Waals surface area contributed by atoms with Gasteiger partial charge in [0, 0.05) is 24.2 Å². The monoisotopic (exact) mass is 368 g/mol. The number of nitrogens with zero attached hydrogens (tertiary/aromatic N) is 2. The van der Waals surface area contributed by atoms with Crippen molar-refractivity contribution in [2.45, 2.75) is 43.9 Å². The van der Waals surface area contributed by atoms with Crippen LogP contribution in [0.25, 0.3) is 0 Å². The van der Waals surface area contributed by atoms with Crippen LogP contribution in [0.15, 0.2) is 41.2 Å². The first-order valence-electron chi connectivity index (χ1n) is 9.38. The summed E-state index contributed by atoms with van der Waals surface area (Å²) in [5, 5.41) is 9.61. The number of H-pyrrole nitrogens is 1. The molecule has 1 saturated carbocycles. The molecule has 0 bridgehead atoms. The predicted octanol–water partition coefficient (Wildman–Crippen LogP) is 1.71. The number of hydrogen-bond donors (Lipinski definition) is 2. The minimum absolute atomic E-state index is 0.193. The summed E-state index contributed by atoms with van der Waals surface area (Å²) in [5.74, 6) is 0.659. The van der Waals surface area contributed by atoms with Crippen LogP contribution in [0.3, 0.4) is 0 Å². The third kappa shape index (κ3) is 3.60. The maximum absolute atomic E-state index is 13.1. The average molecular weight is 368 g/mol. The third-order valence-corrected chi connectivity index (χ3v) is 5.63. The number of nitrogens with one attached hydrogen (secondary N) is 2. The van der Waals surface area contributed by atoms with E-state index in [-0.39, 0.29) is 17.2 Å². The molecular formula is C20H24N4O3. The third-order valence-electron chi connectivity index (χ3n) is 5.63. The molecule has 1 amide bonds. The topological polar surface area (TPSA) is 87.3 Å². The Morgan fingerprint density at radius 2 is 2.04 bits per heavy atom. The highest BCUT2D eigenvalue weighted by atomic mass is 16.5. The zero-order valence-electron chi connectivity index (χ0n) is 15.4. The number of aromatic amines is 1. The smallest absolute Gasteiger partial charge is 0.274 e. The summed E-state index contributed by atoms with van der Waals surface area (Å²) in [7, 11) is 1.99. The number of hydrogen-bond acceptors (Lipinski definition) is 5. The minimum Gasteiger partial charge on any atom is -0.485 e. The minimum atomic E-state index is -0.391. The molecule has 0 unspecified atom stereocenters. The molecule has 142 valence electrons. The first kappa shape index (κ1) is 17.7. The van der Waals surface area contributed by atoms with Gasteiger partial charge in [0.15, 0.2) is 0 Å². The lowest BCUT2D eigenvalue weighted by atomic mass is 9.81. The van der Waals surface area contributed by atoms with E-state index in [2.05, 4.69) is 15.5 Å². The highest BCUT2D eigenvalue weighted by Gasteiger charge is 2.42. The summed E-state index contributed by atoms with van der Waals surface area (Å²) >= 11 is 0. The van der Waals surface area contributed by atoms with Crippen LogP contribution in [0.4, 0.5) is 0 Å². The SMILES string of the molecule is CNC1CCC2(CC1)CN(C(=O)c1ccc(=O)[nH]n1)Cc1ccccc1O2. The fourth-order valence-corrected chi connectivity index (χ4v) is 4.07. The molecule has 0 radical (unpaired) electrons. The Morgan fingerprint density at radius 1 is 1.26 bits per heavy atom. The Bertz CT molecular complexity index is 866. The van der Waals surface area contributed by atoms with Crippen LogP contribution >= 0.6 is 0 Å². The zero-order valence-corrected chi connectivity index (χ0v) is 15.4. The van der Waals surface area contributed by atoms with Gasteiger partial charge in [-0.1, -0.05) is 18.2 Å². The van der Waals surface area contributed by atoms with E-state index in [0.717, 1.165) is 37.0 Å². The van der Waals surface area contributed by atoms with Crippen LogP contribution in [0, 0.1) is 0 Å². The lowest BCUT2D eigenvalue weighted by Gasteiger charge is -2.41. The van der Waals surface area contributed by atoms with Gasteiger partial charge in [-0.05, 0) is 44.9 Å². The maximum Gasteiger partial charge on any atom is 0.274 e. The highest BCUT2D eigenvalue weighted by molar-refractivity contribution is 5.92. The van der Waals surface area contributed by atoms with Gasteiger partial charge in [0.2, 0.25) is 0 Å². The molecule has 2 heterocycles. The lowest BCUT2D eigenvalue weighted by molar-refractivity contribution is 0.000246. The van der Waals surface area contributed by atoms with Crippen LogP contribution in [0.2, 0.25) is 0 Å². The van der Waals surface area contributed by atoms with Gasteiger partial charge in [0.25, 0.3) is 11.5 Å². The van der Waals surface area contributed by atoms with Crippen molar-refractivity contribution in [3.05, 3.63) is 58.0 Å². The van der Waals surface area contributed by atoms with Gasteiger partial charge in [-0.2, -0.15) is 5.10 Å². The van der Waals surface area contributed by atoms with E-state index in [1.54, 1.807) is 4.90 Å². The van der Waals surface area contributed by atoms with Gasteiger partial charge < -0.3 is 15.0 Å². The number of carbonyl (C=O) groups excluding carboxylic acids is 1. The van der Waals surface area contributed by atoms with E-state index < -0.39 is 5.60 Å². The summed E-state index contributed by atoms with van der Waals surface area (Å²) in [4.78, 5) is 26.2. The van der Waals surface area contributed by atoms with Crippen molar-refractivity contribution in [3.8, 4) is 5.75 Å². The lowest BCUT2D eigenvalue weighted by Crippen LogP contribution is -2.51. The Labute approximate surface area is 157 Å². The largest absolute Gasteiger partial charge is 0.485 e. The summed E-state index contributed by atoms with van der Waals surface area (Å²) in [6.07, 6.45) is 3.79. The molecule has 7 heteroatoms. The average Bonchev–Trinajstić information content (AvgIpc) is 2.85. The fraction of sp³-hybridized carbons (Fsp3) is 0.450. The van der Waals surface area contributed by atoms with Crippen molar-refractivity contribution in [1.82, 2.24) is 20.4 Å². The molecule has 1 fully saturated rings. The van der Waals surface area contributed by atoms with Crippen molar-refractivity contribution in [1.29, 1.82) is 0 Å². The first-order valence-corrected chi connectivity index (χ1v) is 9.38. The van der Waals surface area contributed by atoms with E-state index in [0.29, 0.717) is 19.1 Å². The Kier molecular flexibility index (Phi) is 4.70. The van der Waals surface area contributed by atoms with E-state index in [9.17, 15) is 9.59 Å². The van der Waals surface area contributed by atoms with E-state index in [1.807, 2.05) is 31.3 Å². The number of ether oxygens (including phenoxy) is 1. The molecule has 1 aromatic carbocycles. The van der Waals surface area contributed by atoms with E-state index in [1.165, 1.54) is 12.1 Å². The number of para-hydroxylation sites is 1. The first-order chi connectivity index (χ1) is 13.1. The quantitative estimate of drug-likeness (QED) is 0.843. The molecule has 2 aromatic rings. The second kappa shape index (κ2) is 7.15. The molecule has 1 aromatic heterocycles. The van der Waals surface area contributed by atoms with Gasteiger partial charge in [0.1, 0.15) is 17.0 Å². The van der Waals surface area contributed by atoms with E-state index >= 15 is 0 Å². The summed E-state index contributed by atoms with van der Waals surface area (Å²) in [6, 6.07) is 11.2. The molecule has 0 saturated heterocycles. The fourth-order valence-electron chi connectivity index (χ4n) is 4.07. The van der Waals surface area contributed by atoms with Gasteiger partial charge in [0.05, 0.1) is 6.54 Å². The molecule has 2 N–H and O–H groups in total. The standard InChI is InChI=1S/C20H24N4O3/c1-21-15-8-10-20(11-9-15)13-24(12-14-4-2-3-5-17(14)27-20)19(26)16-6-7-18(25)23-22-16/h2-7,15,21H,8-13H2,1H3,(H,23,25). The Morgan fingerprint density at radius 3 is 2.74 bits per heavy atom. The second-order valence-corrected chi connectivity index (χ2v) is 7.42. The number of fused-ring (bicyclic) bond motifs is 1. The molecule has 27 heavy (non-hydrogen) atoms. The normalized spacial score (nSPS) is 24.8. The summed E-state index contributed by atoms with van der Waals surface area (Å²) < 4.78 is 6.51. The van der Waals surface area contributed by atoms with Crippen molar-refractivity contribution in [2.75, 3.05) is 13.6 Å². The van der Waals surface area contributed by atoms with Crippen LogP contribution in [0.1, 0.15) is 41.7 Å².